The van der Waals surface area contributed by atoms with Gasteiger partial charge in [0, 0.05) is 23.2 Å². The number of fused-ring (bicyclic) bond motifs is 4. The first-order valence-electron chi connectivity index (χ1n) is 19.4. The van der Waals surface area contributed by atoms with Crippen LogP contribution in [0.5, 0.6) is 17.2 Å². The maximum atomic E-state index is 13.8. The number of carbonyl (C=O) groups is 8. The van der Waals surface area contributed by atoms with E-state index in [1.54, 1.807) is 7.05 Å². The fourth-order valence-electron chi connectivity index (χ4n) is 6.42. The van der Waals surface area contributed by atoms with Gasteiger partial charge in [-0.05, 0) is 63.9 Å². The molecule has 63 heavy (non-hydrogen) atoms. The van der Waals surface area contributed by atoms with E-state index in [1.807, 2.05) is 13.8 Å². The van der Waals surface area contributed by atoms with Crippen LogP contribution in [0.25, 0.3) is 11.1 Å². The Bertz CT molecular complexity index is 2160. The number of rotatable bonds is 18. The lowest BCUT2D eigenvalue weighted by atomic mass is 9.88. The number of hydrogen-bond donors (Lipinski definition) is 15. The highest BCUT2D eigenvalue weighted by molar-refractivity contribution is 7.51. The molecule has 25 heteroatoms. The van der Waals surface area contributed by atoms with E-state index in [9.17, 15) is 73.1 Å². The Labute approximate surface area is 360 Å². The summed E-state index contributed by atoms with van der Waals surface area (Å²) >= 11 is 0. The minimum atomic E-state index is -4.64. The summed E-state index contributed by atoms with van der Waals surface area (Å²) in [5.74, 6) is -10.5. The molecule has 0 fully saturated rings. The van der Waals surface area contributed by atoms with Crippen LogP contribution in [-0.2, 0) is 49.5 Å². The smallest absolute Gasteiger partial charge is 0.339 e. The number of primary amides is 1. The molecule has 0 aliphatic carbocycles. The average Bonchev–Trinajstić information content (AvgIpc) is 3.17. The van der Waals surface area contributed by atoms with Gasteiger partial charge in [0.1, 0.15) is 47.5 Å². The molecule has 2 bridgehead atoms. The van der Waals surface area contributed by atoms with Gasteiger partial charge in [0.15, 0.2) is 6.04 Å². The first-order chi connectivity index (χ1) is 29.3. The van der Waals surface area contributed by atoms with Crippen LogP contribution in [0.15, 0.2) is 24.3 Å². The highest BCUT2D eigenvalue weighted by Gasteiger charge is 2.36. The molecule has 1 aliphatic heterocycles. The molecule has 1 unspecified atom stereocenters. The Hall–Kier alpha value is -6.33. The van der Waals surface area contributed by atoms with Crippen molar-refractivity contribution in [3.8, 4) is 28.4 Å². The van der Waals surface area contributed by atoms with E-state index in [1.165, 1.54) is 20.8 Å². The molecule has 3 rings (SSSR count). The predicted molar refractivity (Wildman–Crippen MR) is 221 cm³/mol. The number of benzene rings is 2. The van der Waals surface area contributed by atoms with Crippen LogP contribution < -0.4 is 48.3 Å². The van der Waals surface area contributed by atoms with Crippen molar-refractivity contribution in [1.82, 2.24) is 42.5 Å². The van der Waals surface area contributed by atoms with Gasteiger partial charge in [-0.25, -0.2) is 4.79 Å². The second-order valence-corrected chi connectivity index (χ2v) is 17.0. The number of phenolic OH excluding ortho intramolecular Hbond substituents is 3. The Kier molecular flexibility index (Phi) is 17.5. The van der Waals surface area contributed by atoms with E-state index in [-0.39, 0.29) is 11.5 Å². The number of carboxylic acid groups (broad SMARTS) is 1. The van der Waals surface area contributed by atoms with E-state index >= 15 is 0 Å². The van der Waals surface area contributed by atoms with Crippen LogP contribution in [0.2, 0.25) is 0 Å². The number of carbonyl (C=O) groups excluding carboxylic acids is 7. The van der Waals surface area contributed by atoms with Crippen LogP contribution >= 0.6 is 7.60 Å². The summed E-state index contributed by atoms with van der Waals surface area (Å²) < 4.78 is 11.5. The van der Waals surface area contributed by atoms with Crippen LogP contribution in [0.4, 0.5) is 0 Å². The lowest BCUT2D eigenvalue weighted by Gasteiger charge is -2.28. The van der Waals surface area contributed by atoms with Gasteiger partial charge in [0.25, 0.3) is 0 Å². The van der Waals surface area contributed by atoms with E-state index < -0.39 is 156 Å². The second-order valence-electron chi connectivity index (χ2n) is 15.3. The van der Waals surface area contributed by atoms with Crippen molar-refractivity contribution in [3.05, 3.63) is 41.0 Å². The van der Waals surface area contributed by atoms with Gasteiger partial charge < -0.3 is 78.5 Å². The van der Waals surface area contributed by atoms with Gasteiger partial charge in [-0.15, -0.1) is 0 Å². The van der Waals surface area contributed by atoms with Crippen LogP contribution in [0, 0.1) is 5.92 Å². The lowest BCUT2D eigenvalue weighted by molar-refractivity contribution is -0.142. The van der Waals surface area contributed by atoms with Crippen LogP contribution in [-0.4, -0.2) is 121 Å². The zero-order valence-electron chi connectivity index (χ0n) is 35.1. The lowest BCUT2D eigenvalue weighted by Crippen LogP contribution is -2.58. The zero-order valence-corrected chi connectivity index (χ0v) is 36.0. The number of aromatic hydroxyl groups is 3. The monoisotopic (exact) mass is 907 g/mol. The van der Waals surface area contributed by atoms with Crippen molar-refractivity contribution in [1.29, 1.82) is 0 Å². The quantitative estimate of drug-likeness (QED) is 0.0694. The fraction of sp³-hybridized carbons (Fsp3) is 0.474. The number of nitrogens with one attached hydrogen (secondary N) is 8. The van der Waals surface area contributed by atoms with Crippen molar-refractivity contribution in [2.75, 3.05) is 13.3 Å². The number of hydrogen-bond acceptors (Lipinski definition) is 14. The van der Waals surface area contributed by atoms with Crippen LogP contribution in [0.1, 0.15) is 76.2 Å². The molecule has 16 N–H and O–H groups in total. The molecule has 1 aliphatic rings. The predicted octanol–water partition coefficient (Wildman–Crippen LogP) is -2.38. The summed E-state index contributed by atoms with van der Waals surface area (Å²) in [6.45, 7) is 6.92. The molecule has 346 valence electrons. The van der Waals surface area contributed by atoms with Gasteiger partial charge in [-0.2, -0.15) is 0 Å². The standard InChI is InChI=1S/C38H54N9O15P/c1-15(2)9-23(40-6)35(55)42-16(3)32(52)45-24(12-27(39)50)36(56)43-17(4)33(53)46-29-19-7-8-25(48)20(10-19)28-21(30(38(58)59)47-34(54)18(5)44-37(29)57)11-26(49)22(31(28)51)13-41-14-63(60,61)62/h7-8,10-11,15-18,23-24,29-30,40-41,48-49,51H,9,12-14H2,1-6H3,(H2,39,50)(H,42,55)(H,43,56)(H,44,57)(H,45,52)(H,46,53)(H,47,54)(H,58,59)(H2,60,61,62)/t16?,17-,18+,23-,24+,29-,30+/m1/s1. The van der Waals surface area contributed by atoms with Crippen molar-refractivity contribution >= 4 is 54.9 Å². The van der Waals surface area contributed by atoms with Crippen molar-refractivity contribution in [3.63, 3.8) is 0 Å². The topological polar surface area (TPSA) is 397 Å². The van der Waals surface area contributed by atoms with Crippen molar-refractivity contribution in [2.45, 2.75) is 96.3 Å². The third-order valence-electron chi connectivity index (χ3n) is 9.72. The molecule has 2 aromatic carbocycles. The number of phenols is 3. The second kappa shape index (κ2) is 21.6. The molecule has 2 aromatic rings. The van der Waals surface area contributed by atoms with E-state index in [0.29, 0.717) is 6.42 Å². The summed E-state index contributed by atoms with van der Waals surface area (Å²) in [6, 6.07) is -6.14. The molecular weight excluding hydrogens is 853 g/mol. The Morgan fingerprint density at radius 3 is 1.98 bits per heavy atom. The SMILES string of the molecule is CN[C@H](CC(C)C)C(=O)NC(C)C(=O)N[C@@H](CC(N)=O)C(=O)N[C@H](C)C(=O)N[C@H]1C(=O)N[C@@H](C)C(=O)N[C@H](C(=O)O)c2cc(O)c(CNCP(=O)(O)O)c(O)c2-c2cc1ccc2O. The van der Waals surface area contributed by atoms with E-state index in [0.717, 1.165) is 24.3 Å². The minimum Gasteiger partial charge on any atom is -0.507 e. The summed E-state index contributed by atoms with van der Waals surface area (Å²) in [7, 11) is -3.06. The number of carboxylic acids is 1. The summed E-state index contributed by atoms with van der Waals surface area (Å²) in [5.41, 5.74) is 3.41. The van der Waals surface area contributed by atoms with E-state index in [2.05, 4.69) is 42.5 Å². The third kappa shape index (κ3) is 13.8. The van der Waals surface area contributed by atoms with E-state index in [4.69, 9.17) is 5.73 Å². The maximum absolute atomic E-state index is 13.8. The third-order valence-corrected chi connectivity index (χ3v) is 10.4. The molecule has 24 nitrogen and oxygen atoms in total. The highest BCUT2D eigenvalue weighted by atomic mass is 31.2. The summed E-state index contributed by atoms with van der Waals surface area (Å²) in [4.78, 5) is 123. The Morgan fingerprint density at radius 1 is 0.825 bits per heavy atom. The van der Waals surface area contributed by atoms with Crippen molar-refractivity contribution in [2.24, 2.45) is 11.7 Å². The zero-order chi connectivity index (χ0) is 47.7. The van der Waals surface area contributed by atoms with Gasteiger partial charge >= 0.3 is 13.6 Å². The fourth-order valence-corrected chi connectivity index (χ4v) is 6.83. The minimum absolute atomic E-state index is 0.139. The normalized spacial score (nSPS) is 18.4. The molecule has 0 aromatic heterocycles. The van der Waals surface area contributed by atoms with Gasteiger partial charge in [-0.1, -0.05) is 19.9 Å². The molecule has 7 amide bonds. The van der Waals surface area contributed by atoms with Crippen molar-refractivity contribution < 1.29 is 73.1 Å². The van der Waals surface area contributed by atoms with Gasteiger partial charge in [0.05, 0.1) is 24.3 Å². The first kappa shape index (κ1) is 51.0. The molecule has 1 heterocycles. The number of likely N-dealkylation sites (N-methyl/N-ethyl adjacent to an activating group) is 1. The molecule has 0 radical (unpaired) electrons. The largest absolute Gasteiger partial charge is 0.507 e. The molecule has 0 saturated heterocycles. The molecule has 0 spiro atoms. The van der Waals surface area contributed by atoms with Gasteiger partial charge in [0.2, 0.25) is 41.4 Å². The number of aliphatic carboxylic acids is 1. The highest BCUT2D eigenvalue weighted by Crippen LogP contribution is 2.46. The summed E-state index contributed by atoms with van der Waals surface area (Å²) in [5, 5.41) is 63.1. The molecular formula is C38H54N9O15P. The molecule has 0 saturated carbocycles. The molecule has 7 atom stereocenters. The van der Waals surface area contributed by atoms with Crippen LogP contribution in [0.3, 0.4) is 0 Å². The number of amides is 7. The maximum Gasteiger partial charge on any atom is 0.339 e. The number of nitrogens with two attached hydrogens (primary N) is 1. The Morgan fingerprint density at radius 2 is 1.43 bits per heavy atom. The summed E-state index contributed by atoms with van der Waals surface area (Å²) in [6.07, 6.45) is -1.17. The van der Waals surface area contributed by atoms with Gasteiger partial charge in [-0.3, -0.25) is 38.1 Å². The first-order valence-corrected chi connectivity index (χ1v) is 21.2. The Balaban J connectivity index is 2.01. The average molecular weight is 908 g/mol.